The Kier molecular flexibility index (Phi) is 4.14. The van der Waals surface area contributed by atoms with Gasteiger partial charge in [-0.05, 0) is 25.0 Å². The molecule has 0 spiro atoms. The highest BCUT2D eigenvalue weighted by atomic mass is 32.2. The normalized spacial score (nSPS) is 20.5. The number of nitrogens with one attached hydrogen (secondary N) is 1. The summed E-state index contributed by atoms with van der Waals surface area (Å²) in [5.41, 5.74) is 2.25. The van der Waals surface area contributed by atoms with E-state index in [0.29, 0.717) is 5.75 Å². The van der Waals surface area contributed by atoms with Gasteiger partial charge in [0.2, 0.25) is 11.8 Å². The molecule has 1 aliphatic heterocycles. The number of hydrogen-bond acceptors (Lipinski definition) is 3. The van der Waals surface area contributed by atoms with E-state index in [-0.39, 0.29) is 17.2 Å². The van der Waals surface area contributed by atoms with Crippen LogP contribution in [0, 0.1) is 6.92 Å². The van der Waals surface area contributed by atoms with Gasteiger partial charge in [-0.2, -0.15) is 0 Å². The molecule has 0 bridgehead atoms. The molecule has 0 unspecified atom stereocenters. The average molecular weight is 278 g/mol. The zero-order valence-electron chi connectivity index (χ0n) is 11.3. The Hall–Kier alpha value is -1.49. The van der Waals surface area contributed by atoms with Gasteiger partial charge in [-0.15, -0.1) is 11.8 Å². The van der Waals surface area contributed by atoms with Crippen molar-refractivity contribution < 1.29 is 9.59 Å². The molecule has 1 aliphatic rings. The van der Waals surface area contributed by atoms with E-state index in [4.69, 9.17) is 0 Å². The first-order valence-electron chi connectivity index (χ1n) is 6.26. The molecule has 4 nitrogen and oxygen atoms in total. The monoisotopic (exact) mass is 278 g/mol. The highest BCUT2D eigenvalue weighted by Crippen LogP contribution is 2.41. The fourth-order valence-corrected chi connectivity index (χ4v) is 3.65. The van der Waals surface area contributed by atoms with Gasteiger partial charge in [-0.3, -0.25) is 9.59 Å². The molecule has 5 heteroatoms. The topological polar surface area (TPSA) is 49.4 Å². The summed E-state index contributed by atoms with van der Waals surface area (Å²) in [7, 11) is 1.59. The average Bonchev–Trinajstić information content (AvgIpc) is 2.79. The van der Waals surface area contributed by atoms with Crippen LogP contribution in [0.5, 0.6) is 0 Å². The van der Waals surface area contributed by atoms with Gasteiger partial charge in [0.15, 0.2) is 0 Å². The number of carbonyl (C=O) groups is 2. The van der Waals surface area contributed by atoms with Gasteiger partial charge in [0.05, 0.1) is 5.75 Å². The van der Waals surface area contributed by atoms with Crippen LogP contribution < -0.4 is 5.32 Å². The Morgan fingerprint density at radius 3 is 2.79 bits per heavy atom. The van der Waals surface area contributed by atoms with Crippen LogP contribution in [-0.4, -0.2) is 35.6 Å². The molecule has 2 atom stereocenters. The van der Waals surface area contributed by atoms with Gasteiger partial charge >= 0.3 is 0 Å². The van der Waals surface area contributed by atoms with Crippen molar-refractivity contribution in [1.29, 1.82) is 0 Å². The minimum atomic E-state index is -0.447. The summed E-state index contributed by atoms with van der Waals surface area (Å²) in [5, 5.41) is 2.54. The molecule has 1 heterocycles. The van der Waals surface area contributed by atoms with Crippen LogP contribution >= 0.6 is 11.8 Å². The number of amides is 2. The molecule has 0 saturated carbocycles. The first-order valence-corrected chi connectivity index (χ1v) is 7.31. The lowest BCUT2D eigenvalue weighted by Gasteiger charge is -2.30. The third kappa shape index (κ3) is 2.61. The van der Waals surface area contributed by atoms with Crippen molar-refractivity contribution in [2.75, 3.05) is 12.8 Å². The smallest absolute Gasteiger partial charge is 0.242 e. The maximum atomic E-state index is 12.1. The fourth-order valence-electron chi connectivity index (χ4n) is 2.29. The zero-order valence-corrected chi connectivity index (χ0v) is 12.2. The van der Waals surface area contributed by atoms with Crippen molar-refractivity contribution in [2.24, 2.45) is 0 Å². The molecule has 0 radical (unpaired) electrons. The third-order valence-electron chi connectivity index (χ3n) is 3.40. The summed E-state index contributed by atoms with van der Waals surface area (Å²) in [4.78, 5) is 25.5. The first kappa shape index (κ1) is 13.9. The summed E-state index contributed by atoms with van der Waals surface area (Å²) in [6.45, 7) is 3.80. The lowest BCUT2D eigenvalue weighted by molar-refractivity contribution is -0.137. The third-order valence-corrected chi connectivity index (χ3v) is 4.61. The molecule has 19 heavy (non-hydrogen) atoms. The molecule has 1 aromatic rings. The molecular formula is C14H18N2O2S. The maximum Gasteiger partial charge on any atom is 0.242 e. The second-order valence-corrected chi connectivity index (χ2v) is 5.68. The van der Waals surface area contributed by atoms with E-state index >= 15 is 0 Å². The minimum absolute atomic E-state index is 0.0225. The number of rotatable bonds is 3. The van der Waals surface area contributed by atoms with Crippen molar-refractivity contribution in [3.8, 4) is 0 Å². The number of carbonyl (C=O) groups excluding carboxylic acids is 2. The maximum absolute atomic E-state index is 12.1. The minimum Gasteiger partial charge on any atom is -0.357 e. The Balaban J connectivity index is 2.32. The van der Waals surface area contributed by atoms with Crippen molar-refractivity contribution in [3.05, 3.63) is 35.4 Å². The van der Waals surface area contributed by atoms with Crippen LogP contribution in [0.3, 0.4) is 0 Å². The van der Waals surface area contributed by atoms with Crippen LogP contribution in [0.2, 0.25) is 0 Å². The summed E-state index contributed by atoms with van der Waals surface area (Å²) < 4.78 is 0. The summed E-state index contributed by atoms with van der Waals surface area (Å²) in [6.07, 6.45) is 0. The van der Waals surface area contributed by atoms with Crippen molar-refractivity contribution in [3.63, 3.8) is 0 Å². The summed E-state index contributed by atoms with van der Waals surface area (Å²) >= 11 is 1.58. The Labute approximate surface area is 117 Å². The van der Waals surface area contributed by atoms with E-state index in [1.807, 2.05) is 31.2 Å². The molecule has 1 fully saturated rings. The molecule has 1 aromatic carbocycles. The van der Waals surface area contributed by atoms with Gasteiger partial charge in [0.25, 0.3) is 0 Å². The van der Waals surface area contributed by atoms with E-state index in [0.717, 1.165) is 11.1 Å². The van der Waals surface area contributed by atoms with E-state index in [2.05, 4.69) is 5.32 Å². The van der Waals surface area contributed by atoms with E-state index < -0.39 is 6.04 Å². The predicted octanol–water partition coefficient (Wildman–Crippen LogP) is 1.70. The quantitative estimate of drug-likeness (QED) is 0.915. The van der Waals surface area contributed by atoms with Crippen molar-refractivity contribution in [1.82, 2.24) is 10.2 Å². The van der Waals surface area contributed by atoms with E-state index in [9.17, 15) is 9.59 Å². The molecular weight excluding hydrogens is 260 g/mol. The Bertz CT molecular complexity index is 504. The number of likely N-dealkylation sites (N-methyl/N-ethyl adjacent to an activating group) is 1. The van der Waals surface area contributed by atoms with Crippen LogP contribution in [-0.2, 0) is 9.59 Å². The standard InChI is InChI=1S/C14H18N2O2S/c1-9-6-4-5-7-11(9)14-16(12(17)8-19-14)10(2)13(18)15-3/h4-7,10,14H,8H2,1-3H3,(H,15,18)/t10-,14-/m0/s1. The Morgan fingerprint density at radius 1 is 1.47 bits per heavy atom. The predicted molar refractivity (Wildman–Crippen MR) is 76.8 cm³/mol. The fraction of sp³-hybridized carbons (Fsp3) is 0.429. The molecule has 2 amide bonds. The second-order valence-electron chi connectivity index (χ2n) is 4.61. The molecule has 2 rings (SSSR count). The summed E-state index contributed by atoms with van der Waals surface area (Å²) in [5.74, 6) is 0.323. The molecule has 102 valence electrons. The van der Waals surface area contributed by atoms with Crippen molar-refractivity contribution in [2.45, 2.75) is 25.3 Å². The molecule has 1 N–H and O–H groups in total. The van der Waals surface area contributed by atoms with Gasteiger partial charge in [0, 0.05) is 7.05 Å². The van der Waals surface area contributed by atoms with Gasteiger partial charge in [0.1, 0.15) is 11.4 Å². The second kappa shape index (κ2) is 5.65. The first-order chi connectivity index (χ1) is 9.06. The van der Waals surface area contributed by atoms with Crippen LogP contribution in [0.4, 0.5) is 0 Å². The van der Waals surface area contributed by atoms with E-state index in [1.165, 1.54) is 0 Å². The van der Waals surface area contributed by atoms with Crippen molar-refractivity contribution >= 4 is 23.6 Å². The summed E-state index contributed by atoms with van der Waals surface area (Å²) in [6, 6.07) is 7.55. The number of benzene rings is 1. The number of aryl methyl sites for hydroxylation is 1. The van der Waals surface area contributed by atoms with Crippen LogP contribution in [0.1, 0.15) is 23.4 Å². The molecule has 0 aromatic heterocycles. The van der Waals surface area contributed by atoms with Gasteiger partial charge in [-0.25, -0.2) is 0 Å². The number of nitrogens with zero attached hydrogens (tertiary/aromatic N) is 1. The number of thioether (sulfide) groups is 1. The molecule has 0 aliphatic carbocycles. The highest BCUT2D eigenvalue weighted by Gasteiger charge is 2.38. The Morgan fingerprint density at radius 2 is 2.16 bits per heavy atom. The zero-order chi connectivity index (χ0) is 14.0. The lowest BCUT2D eigenvalue weighted by atomic mass is 10.1. The van der Waals surface area contributed by atoms with Gasteiger partial charge < -0.3 is 10.2 Å². The lowest BCUT2D eigenvalue weighted by Crippen LogP contribution is -2.45. The highest BCUT2D eigenvalue weighted by molar-refractivity contribution is 8.00. The van der Waals surface area contributed by atoms with Gasteiger partial charge in [-0.1, -0.05) is 24.3 Å². The van der Waals surface area contributed by atoms with Crippen LogP contribution in [0.15, 0.2) is 24.3 Å². The SMILES string of the molecule is CNC(=O)[C@H](C)N1C(=O)CS[C@H]1c1ccccc1C. The van der Waals surface area contributed by atoms with Crippen LogP contribution in [0.25, 0.3) is 0 Å². The number of hydrogen-bond donors (Lipinski definition) is 1. The molecule has 1 saturated heterocycles. The van der Waals surface area contributed by atoms with E-state index in [1.54, 1.807) is 30.6 Å². The largest absolute Gasteiger partial charge is 0.357 e.